The molecule has 3 rings (SSSR count). The standard InChI is InChI=1S/C12H11N5OS2/c1-18-5-8-10(9-6-19-12(13)17-9)20-11(16-8)7-4-14-2-3-15-7/h2-4,6H,5H2,1H3,(H2,13,17). The molecule has 0 bridgehead atoms. The van der Waals surface area contributed by atoms with Crippen molar-refractivity contribution in [3.05, 3.63) is 29.7 Å². The fourth-order valence-corrected chi connectivity index (χ4v) is 3.32. The van der Waals surface area contributed by atoms with Crippen LogP contribution >= 0.6 is 22.7 Å². The molecule has 3 aromatic heterocycles. The van der Waals surface area contributed by atoms with Crippen LogP contribution in [0, 0.1) is 0 Å². The van der Waals surface area contributed by atoms with E-state index in [-0.39, 0.29) is 0 Å². The van der Waals surface area contributed by atoms with E-state index < -0.39 is 0 Å². The summed E-state index contributed by atoms with van der Waals surface area (Å²) in [5, 5.41) is 3.26. The molecule has 0 atom stereocenters. The van der Waals surface area contributed by atoms with Gasteiger partial charge in [-0.25, -0.2) is 9.97 Å². The van der Waals surface area contributed by atoms with Crippen LogP contribution in [0.25, 0.3) is 21.3 Å². The Balaban J connectivity index is 2.07. The van der Waals surface area contributed by atoms with E-state index in [2.05, 4.69) is 19.9 Å². The molecule has 3 heterocycles. The second kappa shape index (κ2) is 5.61. The largest absolute Gasteiger partial charge is 0.378 e. The molecular formula is C12H11N5OS2. The Labute approximate surface area is 123 Å². The Morgan fingerprint density at radius 2 is 2.15 bits per heavy atom. The summed E-state index contributed by atoms with van der Waals surface area (Å²) in [4.78, 5) is 18.2. The highest BCUT2D eigenvalue weighted by molar-refractivity contribution is 7.19. The lowest BCUT2D eigenvalue weighted by atomic mass is 10.3. The highest BCUT2D eigenvalue weighted by Gasteiger charge is 2.17. The van der Waals surface area contributed by atoms with Gasteiger partial charge in [-0.2, -0.15) is 0 Å². The van der Waals surface area contributed by atoms with Gasteiger partial charge < -0.3 is 10.5 Å². The molecule has 0 aliphatic heterocycles. The van der Waals surface area contributed by atoms with Crippen molar-refractivity contribution < 1.29 is 4.74 Å². The molecule has 0 amide bonds. The monoisotopic (exact) mass is 305 g/mol. The third kappa shape index (κ3) is 2.53. The number of nitrogen functional groups attached to an aromatic ring is 1. The number of rotatable bonds is 4. The summed E-state index contributed by atoms with van der Waals surface area (Å²) in [5.74, 6) is 0. The molecule has 0 aliphatic rings. The molecule has 6 nitrogen and oxygen atoms in total. The molecule has 0 spiro atoms. The fraction of sp³-hybridized carbons (Fsp3) is 0.167. The van der Waals surface area contributed by atoms with E-state index in [9.17, 15) is 0 Å². The number of methoxy groups -OCH3 is 1. The van der Waals surface area contributed by atoms with E-state index in [4.69, 9.17) is 10.5 Å². The zero-order valence-electron chi connectivity index (χ0n) is 10.6. The Hall–Kier alpha value is -1.90. The summed E-state index contributed by atoms with van der Waals surface area (Å²) >= 11 is 2.92. The lowest BCUT2D eigenvalue weighted by molar-refractivity contribution is 0.182. The number of anilines is 1. The summed E-state index contributed by atoms with van der Waals surface area (Å²) in [6.45, 7) is 0.420. The van der Waals surface area contributed by atoms with Crippen LogP contribution in [0.1, 0.15) is 5.69 Å². The van der Waals surface area contributed by atoms with E-state index in [1.54, 1.807) is 25.7 Å². The SMILES string of the molecule is COCc1nc(-c2cnccn2)sc1-c1csc(N)n1. The number of thiazole rings is 2. The number of aromatic nitrogens is 4. The topological polar surface area (TPSA) is 86.8 Å². The van der Waals surface area contributed by atoms with Crippen molar-refractivity contribution in [2.75, 3.05) is 12.8 Å². The highest BCUT2D eigenvalue weighted by Crippen LogP contribution is 2.35. The van der Waals surface area contributed by atoms with Crippen LogP contribution in [0.2, 0.25) is 0 Å². The average molecular weight is 305 g/mol. The fourth-order valence-electron chi connectivity index (χ4n) is 1.70. The predicted molar refractivity (Wildman–Crippen MR) is 79.4 cm³/mol. The summed E-state index contributed by atoms with van der Waals surface area (Å²) in [5.41, 5.74) is 8.10. The van der Waals surface area contributed by atoms with Gasteiger partial charge in [0.15, 0.2) is 5.13 Å². The average Bonchev–Trinajstić information content (AvgIpc) is 3.07. The smallest absolute Gasteiger partial charge is 0.180 e. The first-order valence-electron chi connectivity index (χ1n) is 5.74. The van der Waals surface area contributed by atoms with Crippen LogP contribution in [-0.2, 0) is 11.3 Å². The molecule has 3 aromatic rings. The van der Waals surface area contributed by atoms with Gasteiger partial charge in [-0.1, -0.05) is 0 Å². The zero-order chi connectivity index (χ0) is 13.9. The van der Waals surface area contributed by atoms with Gasteiger partial charge in [0.2, 0.25) is 0 Å². The van der Waals surface area contributed by atoms with Crippen molar-refractivity contribution >= 4 is 27.8 Å². The molecule has 0 saturated heterocycles. The number of nitrogens with two attached hydrogens (primary N) is 1. The van der Waals surface area contributed by atoms with Crippen LogP contribution in [0.5, 0.6) is 0 Å². The molecule has 0 aromatic carbocycles. The van der Waals surface area contributed by atoms with Crippen LogP contribution in [0.15, 0.2) is 24.0 Å². The molecule has 8 heteroatoms. The number of nitrogens with zero attached hydrogens (tertiary/aromatic N) is 4. The van der Waals surface area contributed by atoms with Crippen molar-refractivity contribution in [3.8, 4) is 21.3 Å². The third-order valence-electron chi connectivity index (χ3n) is 2.52. The minimum absolute atomic E-state index is 0.420. The molecule has 0 saturated carbocycles. The molecule has 102 valence electrons. The number of ether oxygens (including phenoxy) is 1. The van der Waals surface area contributed by atoms with Gasteiger partial charge in [0.25, 0.3) is 0 Å². The van der Waals surface area contributed by atoms with Crippen LogP contribution in [-0.4, -0.2) is 27.0 Å². The van der Waals surface area contributed by atoms with Gasteiger partial charge in [-0.05, 0) is 0 Å². The van der Waals surface area contributed by atoms with E-state index in [0.29, 0.717) is 11.7 Å². The molecule has 2 N–H and O–H groups in total. The predicted octanol–water partition coefficient (Wildman–Crippen LogP) is 2.45. The number of hydrogen-bond acceptors (Lipinski definition) is 8. The van der Waals surface area contributed by atoms with Crippen molar-refractivity contribution in [1.82, 2.24) is 19.9 Å². The maximum absolute atomic E-state index is 5.70. The quantitative estimate of drug-likeness (QED) is 0.796. The van der Waals surface area contributed by atoms with Crippen molar-refractivity contribution in [3.63, 3.8) is 0 Å². The van der Waals surface area contributed by atoms with Gasteiger partial charge in [0.05, 0.1) is 29.1 Å². The maximum atomic E-state index is 5.70. The second-order valence-corrected chi connectivity index (χ2v) is 5.78. The molecule has 0 fully saturated rings. The van der Waals surface area contributed by atoms with Gasteiger partial charge in [0.1, 0.15) is 10.7 Å². The summed E-state index contributed by atoms with van der Waals surface area (Å²) in [6, 6.07) is 0. The maximum Gasteiger partial charge on any atom is 0.180 e. The molecule has 20 heavy (non-hydrogen) atoms. The van der Waals surface area contributed by atoms with Crippen molar-refractivity contribution in [2.24, 2.45) is 0 Å². The Kier molecular flexibility index (Phi) is 3.68. The lowest BCUT2D eigenvalue weighted by Gasteiger charge is -1.96. The van der Waals surface area contributed by atoms with Gasteiger partial charge in [-0.3, -0.25) is 9.97 Å². The van der Waals surface area contributed by atoms with E-state index in [0.717, 1.165) is 27.0 Å². The first-order valence-corrected chi connectivity index (χ1v) is 7.44. The zero-order valence-corrected chi connectivity index (χ0v) is 12.2. The van der Waals surface area contributed by atoms with Gasteiger partial charge in [-0.15, -0.1) is 22.7 Å². The molecule has 0 aliphatic carbocycles. The Bertz CT molecular complexity index is 710. The van der Waals surface area contributed by atoms with E-state index in [1.807, 2.05) is 5.38 Å². The summed E-state index contributed by atoms with van der Waals surface area (Å²) in [7, 11) is 1.64. The van der Waals surface area contributed by atoms with Crippen molar-refractivity contribution in [1.29, 1.82) is 0 Å². The Morgan fingerprint density at radius 3 is 2.80 bits per heavy atom. The van der Waals surface area contributed by atoms with E-state index >= 15 is 0 Å². The Morgan fingerprint density at radius 1 is 1.25 bits per heavy atom. The highest BCUT2D eigenvalue weighted by atomic mass is 32.1. The minimum Gasteiger partial charge on any atom is -0.378 e. The summed E-state index contributed by atoms with van der Waals surface area (Å²) < 4.78 is 5.20. The number of hydrogen-bond donors (Lipinski definition) is 1. The molecule has 0 unspecified atom stereocenters. The van der Waals surface area contributed by atoms with Crippen LogP contribution in [0.4, 0.5) is 5.13 Å². The first kappa shape index (κ1) is 13.1. The molecular weight excluding hydrogens is 294 g/mol. The van der Waals surface area contributed by atoms with Crippen LogP contribution < -0.4 is 5.73 Å². The minimum atomic E-state index is 0.420. The summed E-state index contributed by atoms with van der Waals surface area (Å²) in [6.07, 6.45) is 4.97. The lowest BCUT2D eigenvalue weighted by Crippen LogP contribution is -1.91. The second-order valence-electron chi connectivity index (χ2n) is 3.89. The van der Waals surface area contributed by atoms with Gasteiger partial charge >= 0.3 is 0 Å². The van der Waals surface area contributed by atoms with Crippen LogP contribution in [0.3, 0.4) is 0 Å². The first-order chi connectivity index (χ1) is 9.78. The third-order valence-corrected chi connectivity index (χ3v) is 4.33. The van der Waals surface area contributed by atoms with E-state index in [1.165, 1.54) is 22.7 Å². The van der Waals surface area contributed by atoms with Crippen molar-refractivity contribution in [2.45, 2.75) is 6.61 Å². The molecule has 0 radical (unpaired) electrons. The van der Waals surface area contributed by atoms with Gasteiger partial charge in [0, 0.05) is 24.9 Å². The normalized spacial score (nSPS) is 10.8.